The molecule has 0 aliphatic carbocycles. The molecule has 2 rings (SSSR count). The molecule has 0 saturated carbocycles. The molecule has 0 aliphatic rings. The van der Waals surface area contributed by atoms with Crippen molar-refractivity contribution in [2.75, 3.05) is 0 Å². The summed E-state index contributed by atoms with van der Waals surface area (Å²) in [5.74, 6) is 0. The molecule has 0 unspecified atom stereocenters. The zero-order valence-electron chi connectivity index (χ0n) is 7.50. The maximum absolute atomic E-state index is 5.95. The molecule has 64 valence electrons. The molecule has 0 amide bonds. The predicted octanol–water partition coefficient (Wildman–Crippen LogP) is 0.850. The lowest BCUT2D eigenvalue weighted by molar-refractivity contribution is 1.22. The monoisotopic (exact) mass is 190 g/mol. The quantitative estimate of drug-likeness (QED) is 0.455. The lowest BCUT2D eigenvalue weighted by Crippen LogP contribution is -2.06. The lowest BCUT2D eigenvalue weighted by Gasteiger charge is -2.03. The summed E-state index contributed by atoms with van der Waals surface area (Å²) in [5.41, 5.74) is 3.26. The average molecular weight is 190 g/mol. The van der Waals surface area contributed by atoms with E-state index < -0.39 is 0 Å². The number of hydrogen-bond acceptors (Lipinski definition) is 2. The van der Waals surface area contributed by atoms with Crippen LogP contribution in [-0.4, -0.2) is 17.8 Å². The Labute approximate surface area is 82.4 Å². The molecule has 1 aromatic carbocycles. The number of halogens is 1. The van der Waals surface area contributed by atoms with Crippen LogP contribution in [0, 0.1) is 6.92 Å². The zero-order valence-corrected chi connectivity index (χ0v) is 8.26. The molecular weight excluding hydrogens is 182 g/mol. The number of benzene rings is 1. The summed E-state index contributed by atoms with van der Waals surface area (Å²) >= 11 is 5.95. The maximum Gasteiger partial charge on any atom is 0.142 e. The second kappa shape index (κ2) is 3.00. The van der Waals surface area contributed by atoms with Gasteiger partial charge in [0.25, 0.3) is 0 Å². The van der Waals surface area contributed by atoms with Gasteiger partial charge < -0.3 is 0 Å². The third kappa shape index (κ3) is 1.40. The van der Waals surface area contributed by atoms with E-state index in [1.807, 2.05) is 20.8 Å². The van der Waals surface area contributed by atoms with Gasteiger partial charge in [-0.25, -0.2) is 9.97 Å². The Morgan fingerprint density at radius 3 is 2.85 bits per heavy atom. The molecule has 0 aliphatic heterocycles. The smallest absolute Gasteiger partial charge is 0.142 e. The van der Waals surface area contributed by atoms with Crippen LogP contribution in [0.25, 0.3) is 10.9 Å². The Hall–Kier alpha value is -1.09. The van der Waals surface area contributed by atoms with E-state index >= 15 is 0 Å². The minimum absolute atomic E-state index is 0.525. The number of hydrogen-bond donors (Lipinski definition) is 0. The number of aryl methyl sites for hydroxylation is 1. The Bertz CT molecular complexity index is 470. The van der Waals surface area contributed by atoms with Gasteiger partial charge in [-0.05, 0) is 13.0 Å². The molecule has 1 aromatic heterocycles. The molecule has 0 N–H and O–H groups in total. The summed E-state index contributed by atoms with van der Waals surface area (Å²) in [6, 6.07) is 4.09. The minimum Gasteiger partial charge on any atom is -0.237 e. The highest BCUT2D eigenvalue weighted by atomic mass is 35.5. The fourth-order valence-electron chi connectivity index (χ4n) is 1.50. The average Bonchev–Trinajstić information content (AvgIpc) is 2.07. The van der Waals surface area contributed by atoms with Gasteiger partial charge in [0.05, 0.1) is 5.52 Å². The molecule has 0 saturated heterocycles. The summed E-state index contributed by atoms with van der Waals surface area (Å²) in [6.07, 6.45) is 1.49. The van der Waals surface area contributed by atoms with Crippen LogP contribution in [0.1, 0.15) is 5.56 Å². The van der Waals surface area contributed by atoms with Crippen LogP contribution in [0.2, 0.25) is 5.15 Å². The van der Waals surface area contributed by atoms with E-state index in [1.54, 1.807) is 0 Å². The molecule has 0 bridgehead atoms. The van der Waals surface area contributed by atoms with Crippen LogP contribution >= 0.6 is 11.6 Å². The number of rotatable bonds is 0. The van der Waals surface area contributed by atoms with Crippen molar-refractivity contribution in [2.45, 2.75) is 6.92 Å². The van der Waals surface area contributed by atoms with Gasteiger partial charge in [0, 0.05) is 5.39 Å². The van der Waals surface area contributed by atoms with Crippen LogP contribution < -0.4 is 5.46 Å². The standard InChI is InChI=1S/C9H8BClN2/c1-5-2-6-8(7(10)3-5)12-4-13-9(6)11/h2-4H,10H2,1H3. The molecule has 2 nitrogen and oxygen atoms in total. The van der Waals surface area contributed by atoms with Crippen molar-refractivity contribution >= 4 is 35.8 Å². The number of nitrogens with zero attached hydrogens (tertiary/aromatic N) is 2. The Morgan fingerprint density at radius 1 is 1.31 bits per heavy atom. The highest BCUT2D eigenvalue weighted by Crippen LogP contribution is 2.18. The van der Waals surface area contributed by atoms with Crippen molar-refractivity contribution < 1.29 is 0 Å². The van der Waals surface area contributed by atoms with Gasteiger partial charge in [-0.1, -0.05) is 28.7 Å². The topological polar surface area (TPSA) is 25.8 Å². The Morgan fingerprint density at radius 2 is 2.08 bits per heavy atom. The first kappa shape index (κ1) is 8.51. The van der Waals surface area contributed by atoms with E-state index in [0.29, 0.717) is 5.15 Å². The summed E-state index contributed by atoms with van der Waals surface area (Å²) in [4.78, 5) is 8.13. The van der Waals surface area contributed by atoms with E-state index in [4.69, 9.17) is 11.6 Å². The summed E-state index contributed by atoms with van der Waals surface area (Å²) < 4.78 is 0. The summed E-state index contributed by atoms with van der Waals surface area (Å²) in [6.45, 7) is 2.04. The largest absolute Gasteiger partial charge is 0.237 e. The van der Waals surface area contributed by atoms with Crippen LogP contribution in [0.4, 0.5) is 0 Å². The fraction of sp³-hybridized carbons (Fsp3) is 0.111. The van der Waals surface area contributed by atoms with Gasteiger partial charge in [0.2, 0.25) is 0 Å². The Balaban J connectivity index is 2.94. The third-order valence-corrected chi connectivity index (χ3v) is 2.33. The first-order valence-corrected chi connectivity index (χ1v) is 4.44. The molecule has 0 atom stereocenters. The molecule has 13 heavy (non-hydrogen) atoms. The van der Waals surface area contributed by atoms with E-state index in [-0.39, 0.29) is 0 Å². The van der Waals surface area contributed by atoms with Crippen molar-refractivity contribution in [2.24, 2.45) is 0 Å². The van der Waals surface area contributed by atoms with Crippen molar-refractivity contribution in [3.05, 3.63) is 29.2 Å². The predicted molar refractivity (Wildman–Crippen MR) is 57.5 cm³/mol. The molecule has 4 heteroatoms. The molecule has 0 radical (unpaired) electrons. The van der Waals surface area contributed by atoms with Crippen molar-refractivity contribution in [3.63, 3.8) is 0 Å². The van der Waals surface area contributed by atoms with Crippen LogP contribution in [0.15, 0.2) is 18.5 Å². The first-order chi connectivity index (χ1) is 6.18. The van der Waals surface area contributed by atoms with Crippen molar-refractivity contribution in [3.8, 4) is 0 Å². The van der Waals surface area contributed by atoms with Crippen LogP contribution in [0.3, 0.4) is 0 Å². The molecule has 0 fully saturated rings. The van der Waals surface area contributed by atoms with Gasteiger partial charge in [0.1, 0.15) is 19.3 Å². The molecular formula is C9H8BClN2. The molecule has 0 spiro atoms. The van der Waals surface area contributed by atoms with Crippen molar-refractivity contribution in [1.29, 1.82) is 0 Å². The third-order valence-electron chi connectivity index (χ3n) is 2.02. The van der Waals surface area contributed by atoms with E-state index in [9.17, 15) is 0 Å². The second-order valence-corrected chi connectivity index (χ2v) is 3.50. The SMILES string of the molecule is Bc1cc(C)cc2c(Cl)ncnc12. The van der Waals surface area contributed by atoms with E-state index in [1.165, 1.54) is 11.9 Å². The molecule has 2 aromatic rings. The highest BCUT2D eigenvalue weighted by Gasteiger charge is 2.03. The zero-order chi connectivity index (χ0) is 9.42. The fourth-order valence-corrected chi connectivity index (χ4v) is 1.68. The minimum atomic E-state index is 0.525. The van der Waals surface area contributed by atoms with Crippen LogP contribution in [0.5, 0.6) is 0 Å². The normalized spacial score (nSPS) is 10.6. The highest BCUT2D eigenvalue weighted by molar-refractivity contribution is 6.40. The summed E-state index contributed by atoms with van der Waals surface area (Å²) in [5, 5.41) is 1.46. The van der Waals surface area contributed by atoms with Gasteiger partial charge in [-0.2, -0.15) is 0 Å². The van der Waals surface area contributed by atoms with E-state index in [2.05, 4.69) is 16.0 Å². The van der Waals surface area contributed by atoms with Gasteiger partial charge in [0.15, 0.2) is 0 Å². The van der Waals surface area contributed by atoms with Crippen LogP contribution in [-0.2, 0) is 0 Å². The van der Waals surface area contributed by atoms with Gasteiger partial charge in [-0.3, -0.25) is 0 Å². The number of aromatic nitrogens is 2. The number of fused-ring (bicyclic) bond motifs is 1. The first-order valence-electron chi connectivity index (χ1n) is 4.06. The Kier molecular flexibility index (Phi) is 1.96. The lowest BCUT2D eigenvalue weighted by atomic mass is 9.92. The van der Waals surface area contributed by atoms with Gasteiger partial charge in [-0.15, -0.1) is 0 Å². The van der Waals surface area contributed by atoms with E-state index in [0.717, 1.165) is 16.4 Å². The molecule has 1 heterocycles. The maximum atomic E-state index is 5.95. The second-order valence-electron chi connectivity index (χ2n) is 3.14. The van der Waals surface area contributed by atoms with Crippen molar-refractivity contribution in [1.82, 2.24) is 9.97 Å². The summed E-state index contributed by atoms with van der Waals surface area (Å²) in [7, 11) is 2.03. The van der Waals surface area contributed by atoms with Gasteiger partial charge >= 0.3 is 0 Å².